The zero-order valence-corrected chi connectivity index (χ0v) is 15.6. The molecule has 1 N–H and O–H groups in total. The number of hydrogen-bond acceptors (Lipinski definition) is 8. The summed E-state index contributed by atoms with van der Waals surface area (Å²) in [6.45, 7) is 2.06. The van der Waals surface area contributed by atoms with E-state index in [0.29, 0.717) is 11.1 Å². The summed E-state index contributed by atoms with van der Waals surface area (Å²) in [5.41, 5.74) is 0.925. The van der Waals surface area contributed by atoms with Crippen molar-refractivity contribution in [1.29, 1.82) is 0 Å². The molecule has 130 valence electrons. The van der Waals surface area contributed by atoms with Crippen molar-refractivity contribution in [3.63, 3.8) is 0 Å². The van der Waals surface area contributed by atoms with Crippen molar-refractivity contribution in [2.75, 3.05) is 17.6 Å². The lowest BCUT2D eigenvalue weighted by molar-refractivity contribution is 0.0600. The lowest BCUT2D eigenvalue weighted by atomic mass is 10.1. The molecule has 7 nitrogen and oxygen atoms in total. The highest BCUT2D eigenvalue weighted by Crippen LogP contribution is 2.26. The maximum absolute atomic E-state index is 12.2. The number of anilines is 1. The molecule has 0 saturated carbocycles. The summed E-state index contributed by atoms with van der Waals surface area (Å²) < 4.78 is 32.2. The fourth-order valence-electron chi connectivity index (χ4n) is 1.74. The van der Waals surface area contributed by atoms with Crippen molar-refractivity contribution in [3.05, 3.63) is 35.4 Å². The van der Waals surface area contributed by atoms with Gasteiger partial charge in [-0.3, -0.25) is 4.72 Å². The monoisotopic (exact) mass is 387 g/mol. The maximum Gasteiger partial charge on any atom is 0.337 e. The van der Waals surface area contributed by atoms with E-state index in [1.807, 2.05) is 0 Å². The van der Waals surface area contributed by atoms with Gasteiger partial charge in [-0.05, 0) is 24.1 Å². The molecular formula is C14H17N3O4S3. The molecule has 0 aliphatic heterocycles. The molecule has 0 unspecified atom stereocenters. The molecule has 0 spiro atoms. The molecule has 0 fully saturated rings. The number of ether oxygens (including phenoxy) is 1. The molecule has 0 aliphatic rings. The summed E-state index contributed by atoms with van der Waals surface area (Å²) in [4.78, 5) is 11.4. The number of hydrogen-bond donors (Lipinski definition) is 1. The summed E-state index contributed by atoms with van der Waals surface area (Å²) in [6.07, 6.45) is 1.01. The minimum atomic E-state index is -3.60. The molecule has 0 amide bonds. The molecule has 1 aromatic heterocycles. The summed E-state index contributed by atoms with van der Waals surface area (Å²) in [6, 6.07) is 6.21. The van der Waals surface area contributed by atoms with Gasteiger partial charge in [-0.2, -0.15) is 0 Å². The number of rotatable bonds is 8. The number of thioether (sulfide) groups is 1. The predicted octanol–water partition coefficient (Wildman–Crippen LogP) is 2.77. The van der Waals surface area contributed by atoms with Gasteiger partial charge in [0.1, 0.15) is 0 Å². The van der Waals surface area contributed by atoms with Gasteiger partial charge in [-0.25, -0.2) is 13.2 Å². The topological polar surface area (TPSA) is 98.3 Å². The van der Waals surface area contributed by atoms with Gasteiger partial charge in [0.25, 0.3) is 0 Å². The van der Waals surface area contributed by atoms with Crippen molar-refractivity contribution >= 4 is 44.2 Å². The van der Waals surface area contributed by atoms with Crippen LogP contribution in [0.3, 0.4) is 0 Å². The second kappa shape index (κ2) is 8.45. The van der Waals surface area contributed by atoms with Crippen LogP contribution in [0.4, 0.5) is 5.13 Å². The van der Waals surface area contributed by atoms with Gasteiger partial charge in [-0.1, -0.05) is 42.2 Å². The van der Waals surface area contributed by atoms with E-state index in [4.69, 9.17) is 0 Å². The van der Waals surface area contributed by atoms with Gasteiger partial charge in [0, 0.05) is 5.75 Å². The summed E-state index contributed by atoms with van der Waals surface area (Å²) >= 11 is 2.75. The summed E-state index contributed by atoms with van der Waals surface area (Å²) in [7, 11) is -2.31. The first-order chi connectivity index (χ1) is 11.4. The van der Waals surface area contributed by atoms with Crippen molar-refractivity contribution in [2.24, 2.45) is 0 Å². The molecule has 10 heteroatoms. The smallest absolute Gasteiger partial charge is 0.337 e. The molecule has 2 rings (SSSR count). The second-order valence-corrected chi connectivity index (χ2v) is 8.81. The molecule has 0 radical (unpaired) electrons. The van der Waals surface area contributed by atoms with Crippen LogP contribution >= 0.6 is 23.1 Å². The Hall–Kier alpha value is -1.65. The quantitative estimate of drug-likeness (QED) is 0.549. The Morgan fingerprint density at radius 3 is 2.62 bits per heavy atom. The van der Waals surface area contributed by atoms with E-state index in [2.05, 4.69) is 26.6 Å². The molecule has 0 aliphatic carbocycles. The van der Waals surface area contributed by atoms with Gasteiger partial charge >= 0.3 is 5.97 Å². The van der Waals surface area contributed by atoms with Crippen LogP contribution in [0.25, 0.3) is 0 Å². The highest BCUT2D eigenvalue weighted by atomic mass is 32.2. The Balaban J connectivity index is 2.00. The molecule has 24 heavy (non-hydrogen) atoms. The zero-order chi connectivity index (χ0) is 17.6. The number of esters is 1. The van der Waals surface area contributed by atoms with Gasteiger partial charge in [0.2, 0.25) is 15.2 Å². The molecule has 1 aromatic carbocycles. The summed E-state index contributed by atoms with van der Waals surface area (Å²) in [5.74, 6) is 0.229. The van der Waals surface area contributed by atoms with Crippen LogP contribution < -0.4 is 4.72 Å². The first-order valence-corrected chi connectivity index (χ1v) is 10.5. The molecule has 0 atom stereocenters. The van der Waals surface area contributed by atoms with E-state index in [0.717, 1.165) is 16.5 Å². The zero-order valence-electron chi connectivity index (χ0n) is 13.2. The highest BCUT2D eigenvalue weighted by molar-refractivity contribution is 8.01. The van der Waals surface area contributed by atoms with Crippen molar-refractivity contribution in [2.45, 2.75) is 23.4 Å². The lowest BCUT2D eigenvalue weighted by Gasteiger charge is -2.05. The van der Waals surface area contributed by atoms with Gasteiger partial charge in [0.15, 0.2) is 4.34 Å². The van der Waals surface area contributed by atoms with E-state index >= 15 is 0 Å². The maximum atomic E-state index is 12.2. The normalized spacial score (nSPS) is 11.2. The van der Waals surface area contributed by atoms with Crippen LogP contribution in [-0.4, -0.2) is 37.4 Å². The van der Waals surface area contributed by atoms with Crippen molar-refractivity contribution < 1.29 is 17.9 Å². The highest BCUT2D eigenvalue weighted by Gasteiger charge is 2.15. The third-order valence-corrected chi connectivity index (χ3v) is 6.34. The van der Waals surface area contributed by atoms with E-state index in [1.165, 1.54) is 30.6 Å². The SMILES string of the molecule is CCCSc1nnc(NS(=O)(=O)Cc2ccc(C(=O)OC)cc2)s1. The Morgan fingerprint density at radius 2 is 2.00 bits per heavy atom. The van der Waals surface area contributed by atoms with Crippen LogP contribution in [0.2, 0.25) is 0 Å². The lowest BCUT2D eigenvalue weighted by Crippen LogP contribution is -2.15. The third-order valence-electron chi connectivity index (χ3n) is 2.81. The van der Waals surface area contributed by atoms with E-state index < -0.39 is 16.0 Å². The molecule has 0 bridgehead atoms. The molecule has 0 saturated heterocycles. The Kier molecular flexibility index (Phi) is 6.58. The van der Waals surface area contributed by atoms with E-state index in [1.54, 1.807) is 23.9 Å². The number of nitrogens with zero attached hydrogens (tertiary/aromatic N) is 2. The average Bonchev–Trinajstić information content (AvgIpc) is 2.99. The molecular weight excluding hydrogens is 370 g/mol. The largest absolute Gasteiger partial charge is 0.465 e. The first-order valence-electron chi connectivity index (χ1n) is 7.07. The molecule has 2 aromatic rings. The van der Waals surface area contributed by atoms with Crippen LogP contribution in [-0.2, 0) is 20.5 Å². The Bertz CT molecular complexity index is 788. The minimum absolute atomic E-state index is 0.217. The van der Waals surface area contributed by atoms with E-state index in [9.17, 15) is 13.2 Å². The minimum Gasteiger partial charge on any atom is -0.465 e. The predicted molar refractivity (Wildman–Crippen MR) is 95.0 cm³/mol. The fraction of sp³-hybridized carbons (Fsp3) is 0.357. The number of methoxy groups -OCH3 is 1. The Morgan fingerprint density at radius 1 is 1.29 bits per heavy atom. The van der Waals surface area contributed by atoms with Crippen LogP contribution in [0.15, 0.2) is 28.6 Å². The number of carbonyl (C=O) groups excluding carboxylic acids is 1. The number of benzene rings is 1. The first kappa shape index (κ1) is 18.7. The number of nitrogens with one attached hydrogen (secondary N) is 1. The standard InChI is InChI=1S/C14H17N3O4S3/c1-3-8-22-14-16-15-13(23-14)17-24(19,20)9-10-4-6-11(7-5-10)12(18)21-2/h4-7H,3,8-9H2,1-2H3,(H,15,17). The fourth-order valence-corrected chi connectivity index (χ4v) is 4.83. The van der Waals surface area contributed by atoms with Gasteiger partial charge < -0.3 is 4.74 Å². The van der Waals surface area contributed by atoms with Crippen molar-refractivity contribution in [3.8, 4) is 0 Å². The van der Waals surface area contributed by atoms with Crippen LogP contribution in [0.1, 0.15) is 29.3 Å². The van der Waals surface area contributed by atoms with Gasteiger partial charge in [-0.15, -0.1) is 10.2 Å². The number of carbonyl (C=O) groups is 1. The van der Waals surface area contributed by atoms with Crippen molar-refractivity contribution in [1.82, 2.24) is 10.2 Å². The van der Waals surface area contributed by atoms with Crippen LogP contribution in [0.5, 0.6) is 0 Å². The summed E-state index contributed by atoms with van der Waals surface area (Å²) in [5, 5.41) is 8.03. The number of aromatic nitrogens is 2. The second-order valence-electron chi connectivity index (χ2n) is 4.77. The van der Waals surface area contributed by atoms with Gasteiger partial charge in [0.05, 0.1) is 18.4 Å². The Labute approximate surface area is 148 Å². The third kappa shape index (κ3) is 5.46. The van der Waals surface area contributed by atoms with Crippen LogP contribution in [0, 0.1) is 0 Å². The molecule has 1 heterocycles. The number of sulfonamides is 1. The van der Waals surface area contributed by atoms with E-state index in [-0.39, 0.29) is 10.9 Å². The average molecular weight is 388 g/mol.